The molecule has 0 bridgehead atoms. The molecule has 2 aromatic rings. The van der Waals surface area contributed by atoms with Gasteiger partial charge in [0.15, 0.2) is 6.10 Å². The zero-order valence-corrected chi connectivity index (χ0v) is 12.1. The molecule has 5 nitrogen and oxygen atoms in total. The van der Waals surface area contributed by atoms with Crippen LogP contribution in [0.15, 0.2) is 36.8 Å². The van der Waals surface area contributed by atoms with Crippen molar-refractivity contribution >= 4 is 5.91 Å². The van der Waals surface area contributed by atoms with Crippen LogP contribution in [0.3, 0.4) is 0 Å². The molecule has 1 aliphatic heterocycles. The normalized spacial score (nSPS) is 19.4. The summed E-state index contributed by atoms with van der Waals surface area (Å²) in [6.07, 6.45) is 4.14. The van der Waals surface area contributed by atoms with Crippen molar-refractivity contribution < 1.29 is 14.3 Å². The summed E-state index contributed by atoms with van der Waals surface area (Å²) in [6, 6.07) is 6.37. The Balaban J connectivity index is 1.70. The van der Waals surface area contributed by atoms with Gasteiger partial charge in [0, 0.05) is 12.6 Å². The second kappa shape index (κ2) is 6.27. The van der Waals surface area contributed by atoms with Crippen LogP contribution >= 0.6 is 0 Å². The van der Waals surface area contributed by atoms with E-state index in [9.17, 15) is 14.3 Å². The van der Waals surface area contributed by atoms with Crippen molar-refractivity contribution in [3.8, 4) is 0 Å². The minimum atomic E-state index is -1.21. The Kier molecular flexibility index (Phi) is 4.20. The first kappa shape index (κ1) is 14.7. The summed E-state index contributed by atoms with van der Waals surface area (Å²) in [6.45, 7) is 0.635. The van der Waals surface area contributed by atoms with Crippen LogP contribution < -0.4 is 0 Å². The number of rotatable bonds is 4. The van der Waals surface area contributed by atoms with Crippen LogP contribution in [-0.4, -0.2) is 38.5 Å². The van der Waals surface area contributed by atoms with Crippen molar-refractivity contribution in [2.45, 2.75) is 31.4 Å². The fraction of sp³-hybridized carbons (Fsp3) is 0.375. The first-order valence-corrected chi connectivity index (χ1v) is 7.36. The van der Waals surface area contributed by atoms with Gasteiger partial charge < -0.3 is 15.0 Å². The third-order valence-electron chi connectivity index (χ3n) is 4.09. The van der Waals surface area contributed by atoms with Crippen molar-refractivity contribution in [3.05, 3.63) is 53.9 Å². The van der Waals surface area contributed by atoms with Gasteiger partial charge in [-0.15, -0.1) is 0 Å². The molecule has 0 saturated carbocycles. The summed E-state index contributed by atoms with van der Waals surface area (Å²) in [5, 5.41) is 10.1. The van der Waals surface area contributed by atoms with Gasteiger partial charge >= 0.3 is 0 Å². The zero-order valence-electron chi connectivity index (χ0n) is 12.1. The van der Waals surface area contributed by atoms with Gasteiger partial charge in [-0.3, -0.25) is 4.79 Å². The third kappa shape index (κ3) is 3.01. The summed E-state index contributed by atoms with van der Waals surface area (Å²) in [5.41, 5.74) is 1.39. The van der Waals surface area contributed by atoms with E-state index in [0.717, 1.165) is 18.4 Å². The number of nitrogens with one attached hydrogen (secondary N) is 1. The summed E-state index contributed by atoms with van der Waals surface area (Å²) >= 11 is 0. The standard InChI is InChI=1S/C16H18FN3O2/c17-12-5-3-11(4-6-12)8-13-2-1-7-20(13)16(22)15(21)14-9-18-10-19-14/h3-6,9-10,13,15,21H,1-2,7-8H2,(H,18,19). The van der Waals surface area contributed by atoms with Crippen LogP contribution in [0.25, 0.3) is 0 Å². The van der Waals surface area contributed by atoms with Crippen molar-refractivity contribution in [1.82, 2.24) is 14.9 Å². The van der Waals surface area contributed by atoms with E-state index in [0.29, 0.717) is 18.7 Å². The highest BCUT2D eigenvalue weighted by atomic mass is 19.1. The van der Waals surface area contributed by atoms with E-state index in [2.05, 4.69) is 9.97 Å². The molecule has 116 valence electrons. The number of nitrogens with zero attached hydrogens (tertiary/aromatic N) is 2. The fourth-order valence-corrected chi connectivity index (χ4v) is 2.94. The minimum absolute atomic E-state index is 0.0375. The predicted molar refractivity (Wildman–Crippen MR) is 78.4 cm³/mol. The number of carbonyl (C=O) groups is 1. The number of amides is 1. The molecule has 0 spiro atoms. The van der Waals surface area contributed by atoms with E-state index < -0.39 is 6.10 Å². The number of aromatic amines is 1. The average molecular weight is 303 g/mol. The van der Waals surface area contributed by atoms with Gasteiger partial charge in [-0.2, -0.15) is 0 Å². The Bertz CT molecular complexity index is 627. The molecule has 1 aromatic heterocycles. The number of hydrogen-bond acceptors (Lipinski definition) is 3. The van der Waals surface area contributed by atoms with Gasteiger partial charge in [0.05, 0.1) is 18.2 Å². The smallest absolute Gasteiger partial charge is 0.257 e. The molecule has 0 aliphatic carbocycles. The van der Waals surface area contributed by atoms with Crippen LogP contribution in [0.4, 0.5) is 4.39 Å². The zero-order chi connectivity index (χ0) is 15.5. The molecule has 2 N–H and O–H groups in total. The molecule has 1 aromatic carbocycles. The number of H-pyrrole nitrogens is 1. The summed E-state index contributed by atoms with van der Waals surface area (Å²) in [4.78, 5) is 20.8. The Morgan fingerprint density at radius 2 is 2.23 bits per heavy atom. The number of aliphatic hydroxyl groups is 1. The highest BCUT2D eigenvalue weighted by Crippen LogP contribution is 2.25. The largest absolute Gasteiger partial charge is 0.377 e. The van der Waals surface area contributed by atoms with Gasteiger partial charge in [-0.25, -0.2) is 9.37 Å². The fourth-order valence-electron chi connectivity index (χ4n) is 2.94. The van der Waals surface area contributed by atoms with Crippen LogP contribution in [0.1, 0.15) is 30.2 Å². The molecular weight excluding hydrogens is 285 g/mol. The Morgan fingerprint density at radius 1 is 1.45 bits per heavy atom. The van der Waals surface area contributed by atoms with Gasteiger partial charge in [-0.05, 0) is 37.0 Å². The molecule has 3 rings (SSSR count). The van der Waals surface area contributed by atoms with Crippen LogP contribution in [0, 0.1) is 5.82 Å². The lowest BCUT2D eigenvalue weighted by atomic mass is 10.0. The highest BCUT2D eigenvalue weighted by Gasteiger charge is 2.33. The van der Waals surface area contributed by atoms with E-state index in [4.69, 9.17) is 0 Å². The SMILES string of the molecule is O=C(C(O)c1cnc[nH]1)N1CCCC1Cc1ccc(F)cc1. The molecule has 2 atom stereocenters. The quantitative estimate of drug-likeness (QED) is 0.905. The van der Waals surface area contributed by atoms with Crippen LogP contribution in [0.2, 0.25) is 0 Å². The molecule has 1 amide bonds. The van der Waals surface area contributed by atoms with Crippen molar-refractivity contribution in [1.29, 1.82) is 0 Å². The van der Waals surface area contributed by atoms with E-state index in [1.54, 1.807) is 17.0 Å². The average Bonchev–Trinajstić information content (AvgIpc) is 3.19. The molecule has 2 unspecified atom stereocenters. The molecule has 1 fully saturated rings. The summed E-state index contributed by atoms with van der Waals surface area (Å²) < 4.78 is 13.0. The first-order valence-electron chi connectivity index (χ1n) is 7.36. The molecule has 1 aliphatic rings. The Morgan fingerprint density at radius 3 is 2.91 bits per heavy atom. The highest BCUT2D eigenvalue weighted by molar-refractivity contribution is 5.82. The monoisotopic (exact) mass is 303 g/mol. The third-order valence-corrected chi connectivity index (χ3v) is 4.09. The number of imidazole rings is 1. The lowest BCUT2D eigenvalue weighted by Gasteiger charge is -2.26. The molecular formula is C16H18FN3O2. The minimum Gasteiger partial charge on any atom is -0.377 e. The molecule has 1 saturated heterocycles. The molecule has 0 radical (unpaired) electrons. The van der Waals surface area contributed by atoms with Crippen LogP contribution in [0.5, 0.6) is 0 Å². The Labute approximate surface area is 127 Å². The maximum Gasteiger partial charge on any atom is 0.257 e. The first-order chi connectivity index (χ1) is 10.6. The van der Waals surface area contributed by atoms with Gasteiger partial charge in [0.1, 0.15) is 5.82 Å². The Hall–Kier alpha value is -2.21. The second-order valence-corrected chi connectivity index (χ2v) is 5.57. The predicted octanol–water partition coefficient (Wildman–Crippen LogP) is 1.82. The summed E-state index contributed by atoms with van der Waals surface area (Å²) in [5.74, 6) is -0.577. The van der Waals surface area contributed by atoms with Crippen LogP contribution in [-0.2, 0) is 11.2 Å². The van der Waals surface area contributed by atoms with Crippen molar-refractivity contribution in [3.63, 3.8) is 0 Å². The number of halogens is 1. The number of carbonyl (C=O) groups excluding carboxylic acids is 1. The molecule has 2 heterocycles. The van der Waals surface area contributed by atoms with Gasteiger partial charge in [0.2, 0.25) is 0 Å². The maximum atomic E-state index is 13.0. The number of hydrogen-bond donors (Lipinski definition) is 2. The lowest BCUT2D eigenvalue weighted by molar-refractivity contribution is -0.141. The second-order valence-electron chi connectivity index (χ2n) is 5.57. The lowest BCUT2D eigenvalue weighted by Crippen LogP contribution is -2.40. The van der Waals surface area contributed by atoms with E-state index >= 15 is 0 Å². The number of aromatic nitrogens is 2. The van der Waals surface area contributed by atoms with Gasteiger partial charge in [-0.1, -0.05) is 12.1 Å². The molecule has 6 heteroatoms. The van der Waals surface area contributed by atoms with Crippen molar-refractivity contribution in [2.24, 2.45) is 0 Å². The van der Waals surface area contributed by atoms with Gasteiger partial charge in [0.25, 0.3) is 5.91 Å². The topological polar surface area (TPSA) is 69.2 Å². The van der Waals surface area contributed by atoms with E-state index in [1.165, 1.54) is 24.7 Å². The summed E-state index contributed by atoms with van der Waals surface area (Å²) in [7, 11) is 0. The molecule has 22 heavy (non-hydrogen) atoms. The number of likely N-dealkylation sites (tertiary alicyclic amines) is 1. The van der Waals surface area contributed by atoms with E-state index in [-0.39, 0.29) is 17.8 Å². The number of benzene rings is 1. The van der Waals surface area contributed by atoms with E-state index in [1.807, 2.05) is 0 Å². The number of aliphatic hydroxyl groups excluding tert-OH is 1. The van der Waals surface area contributed by atoms with Crippen molar-refractivity contribution in [2.75, 3.05) is 6.54 Å². The maximum absolute atomic E-state index is 13.0.